The standard InChI is InChI=1S/C15H22N2S/c1-11-8-17(7-6-14(11)16)9-12-10-18-15-5-3-2-4-13(12)15/h2-5,11-12,14H,6-10,16H2,1H3. The lowest BCUT2D eigenvalue weighted by Gasteiger charge is -2.36. The second kappa shape index (κ2) is 5.24. The van der Waals surface area contributed by atoms with Crippen LogP contribution in [0, 0.1) is 5.92 Å². The second-order valence-corrected chi connectivity index (χ2v) is 6.80. The van der Waals surface area contributed by atoms with Crippen molar-refractivity contribution in [3.05, 3.63) is 29.8 Å². The van der Waals surface area contributed by atoms with E-state index in [1.165, 1.54) is 30.3 Å². The van der Waals surface area contributed by atoms with Crippen LogP contribution in [0.15, 0.2) is 29.2 Å². The maximum Gasteiger partial charge on any atom is 0.0108 e. The third kappa shape index (κ3) is 2.44. The number of benzene rings is 1. The number of hydrogen-bond acceptors (Lipinski definition) is 3. The SMILES string of the molecule is CC1CN(CC2CSc3ccccc32)CCC1N. The third-order valence-corrected chi connectivity index (χ3v) is 5.59. The molecule has 2 heterocycles. The minimum atomic E-state index is 0.409. The summed E-state index contributed by atoms with van der Waals surface area (Å²) < 4.78 is 0. The average Bonchev–Trinajstić information content (AvgIpc) is 2.78. The van der Waals surface area contributed by atoms with Crippen molar-refractivity contribution < 1.29 is 0 Å². The number of nitrogens with zero attached hydrogens (tertiary/aromatic N) is 1. The average molecular weight is 262 g/mol. The highest BCUT2D eigenvalue weighted by Gasteiger charge is 2.28. The molecule has 2 N–H and O–H groups in total. The molecule has 2 aliphatic heterocycles. The lowest BCUT2D eigenvalue weighted by atomic mass is 9.93. The Morgan fingerprint density at radius 1 is 1.39 bits per heavy atom. The highest BCUT2D eigenvalue weighted by Crippen LogP contribution is 2.39. The van der Waals surface area contributed by atoms with Crippen LogP contribution in [0.25, 0.3) is 0 Å². The van der Waals surface area contributed by atoms with Gasteiger partial charge in [0.2, 0.25) is 0 Å². The number of piperidine rings is 1. The fourth-order valence-corrected chi connectivity index (χ4v) is 4.35. The van der Waals surface area contributed by atoms with Crippen molar-refractivity contribution in [2.24, 2.45) is 11.7 Å². The predicted octanol–water partition coefficient (Wildman–Crippen LogP) is 2.54. The number of hydrogen-bond donors (Lipinski definition) is 1. The van der Waals surface area contributed by atoms with Gasteiger partial charge in [0.25, 0.3) is 0 Å². The Kier molecular flexibility index (Phi) is 3.64. The molecule has 3 heteroatoms. The Hall–Kier alpha value is -0.510. The molecule has 0 aromatic heterocycles. The number of nitrogens with two attached hydrogens (primary N) is 1. The van der Waals surface area contributed by atoms with Gasteiger partial charge in [-0.1, -0.05) is 25.1 Å². The smallest absolute Gasteiger partial charge is 0.0108 e. The molecule has 98 valence electrons. The first-order valence-corrected chi connectivity index (χ1v) is 7.92. The first-order chi connectivity index (χ1) is 8.74. The van der Waals surface area contributed by atoms with Crippen molar-refractivity contribution in [1.82, 2.24) is 4.90 Å². The molecule has 0 aliphatic carbocycles. The largest absolute Gasteiger partial charge is 0.327 e. The lowest BCUT2D eigenvalue weighted by molar-refractivity contribution is 0.159. The molecule has 2 aliphatic rings. The molecule has 0 saturated carbocycles. The van der Waals surface area contributed by atoms with Gasteiger partial charge in [0.05, 0.1) is 0 Å². The van der Waals surface area contributed by atoms with Gasteiger partial charge in [0, 0.05) is 35.7 Å². The molecule has 1 saturated heterocycles. The molecule has 1 aromatic carbocycles. The summed E-state index contributed by atoms with van der Waals surface area (Å²) >= 11 is 2.01. The molecule has 3 atom stereocenters. The highest BCUT2D eigenvalue weighted by molar-refractivity contribution is 7.99. The van der Waals surface area contributed by atoms with E-state index in [1.54, 1.807) is 5.56 Å². The number of likely N-dealkylation sites (tertiary alicyclic amines) is 1. The molecular weight excluding hydrogens is 240 g/mol. The molecule has 0 amide bonds. The molecule has 0 spiro atoms. The van der Waals surface area contributed by atoms with Gasteiger partial charge in [0.1, 0.15) is 0 Å². The summed E-state index contributed by atoms with van der Waals surface area (Å²) in [7, 11) is 0. The van der Waals surface area contributed by atoms with E-state index in [2.05, 4.69) is 36.1 Å². The molecular formula is C15H22N2S. The molecule has 3 unspecified atom stereocenters. The van der Waals surface area contributed by atoms with Crippen molar-refractivity contribution >= 4 is 11.8 Å². The van der Waals surface area contributed by atoms with E-state index in [-0.39, 0.29) is 0 Å². The van der Waals surface area contributed by atoms with Gasteiger partial charge in [-0.3, -0.25) is 0 Å². The van der Waals surface area contributed by atoms with E-state index in [9.17, 15) is 0 Å². The van der Waals surface area contributed by atoms with Crippen LogP contribution in [0.4, 0.5) is 0 Å². The van der Waals surface area contributed by atoms with Crippen LogP contribution in [0.2, 0.25) is 0 Å². The fraction of sp³-hybridized carbons (Fsp3) is 0.600. The van der Waals surface area contributed by atoms with Crippen molar-refractivity contribution in [1.29, 1.82) is 0 Å². The third-order valence-electron chi connectivity index (χ3n) is 4.33. The Morgan fingerprint density at radius 2 is 2.22 bits per heavy atom. The summed E-state index contributed by atoms with van der Waals surface area (Å²) in [5, 5.41) is 0. The van der Waals surface area contributed by atoms with Crippen LogP contribution >= 0.6 is 11.8 Å². The molecule has 1 fully saturated rings. The second-order valence-electron chi connectivity index (χ2n) is 5.74. The Bertz CT molecular complexity index is 421. The first kappa shape index (κ1) is 12.5. The van der Waals surface area contributed by atoms with Crippen LogP contribution in [-0.4, -0.2) is 36.3 Å². The Labute approximate surface area is 114 Å². The van der Waals surface area contributed by atoms with Gasteiger partial charge < -0.3 is 10.6 Å². The van der Waals surface area contributed by atoms with Gasteiger partial charge in [-0.15, -0.1) is 11.8 Å². The van der Waals surface area contributed by atoms with Crippen molar-refractivity contribution in [2.45, 2.75) is 30.2 Å². The van der Waals surface area contributed by atoms with Crippen molar-refractivity contribution in [3.63, 3.8) is 0 Å². The summed E-state index contributed by atoms with van der Waals surface area (Å²) in [5.74, 6) is 2.60. The molecule has 1 aromatic rings. The maximum atomic E-state index is 6.09. The van der Waals surface area contributed by atoms with Gasteiger partial charge in [-0.2, -0.15) is 0 Å². The van der Waals surface area contributed by atoms with Gasteiger partial charge >= 0.3 is 0 Å². The molecule has 0 bridgehead atoms. The van der Waals surface area contributed by atoms with Gasteiger partial charge in [-0.05, 0) is 30.5 Å². The van der Waals surface area contributed by atoms with Crippen LogP contribution < -0.4 is 5.73 Å². The van der Waals surface area contributed by atoms with Gasteiger partial charge in [0.15, 0.2) is 0 Å². The number of thioether (sulfide) groups is 1. The van der Waals surface area contributed by atoms with Crippen LogP contribution in [0.3, 0.4) is 0 Å². The Balaban J connectivity index is 1.65. The van der Waals surface area contributed by atoms with E-state index >= 15 is 0 Å². The predicted molar refractivity (Wildman–Crippen MR) is 78.1 cm³/mol. The lowest BCUT2D eigenvalue weighted by Crippen LogP contribution is -2.47. The van der Waals surface area contributed by atoms with Crippen LogP contribution in [0.1, 0.15) is 24.8 Å². The van der Waals surface area contributed by atoms with Crippen molar-refractivity contribution in [3.8, 4) is 0 Å². The Morgan fingerprint density at radius 3 is 3.06 bits per heavy atom. The van der Waals surface area contributed by atoms with Crippen molar-refractivity contribution in [2.75, 3.05) is 25.4 Å². The summed E-state index contributed by atoms with van der Waals surface area (Å²) in [4.78, 5) is 4.10. The highest BCUT2D eigenvalue weighted by atomic mass is 32.2. The zero-order valence-corrected chi connectivity index (χ0v) is 11.8. The van der Waals surface area contributed by atoms with Gasteiger partial charge in [-0.25, -0.2) is 0 Å². The van der Waals surface area contributed by atoms with Crippen LogP contribution in [-0.2, 0) is 0 Å². The fourth-order valence-electron chi connectivity index (χ4n) is 3.11. The molecule has 0 radical (unpaired) electrons. The first-order valence-electron chi connectivity index (χ1n) is 6.93. The number of fused-ring (bicyclic) bond motifs is 1. The molecule has 3 rings (SSSR count). The zero-order chi connectivity index (χ0) is 12.5. The van der Waals surface area contributed by atoms with Crippen LogP contribution in [0.5, 0.6) is 0 Å². The summed E-state index contributed by atoms with van der Waals surface area (Å²) in [6.07, 6.45) is 1.16. The molecule has 18 heavy (non-hydrogen) atoms. The zero-order valence-electron chi connectivity index (χ0n) is 11.0. The minimum Gasteiger partial charge on any atom is -0.327 e. The summed E-state index contributed by atoms with van der Waals surface area (Å²) in [6, 6.07) is 9.29. The molecule has 2 nitrogen and oxygen atoms in total. The van der Waals surface area contributed by atoms with E-state index in [1.807, 2.05) is 11.8 Å². The van der Waals surface area contributed by atoms with E-state index in [4.69, 9.17) is 5.73 Å². The summed E-state index contributed by atoms with van der Waals surface area (Å²) in [6.45, 7) is 5.84. The topological polar surface area (TPSA) is 29.3 Å². The quantitative estimate of drug-likeness (QED) is 0.888. The van der Waals surface area contributed by atoms with E-state index < -0.39 is 0 Å². The summed E-state index contributed by atoms with van der Waals surface area (Å²) in [5.41, 5.74) is 7.65. The van der Waals surface area contributed by atoms with E-state index in [0.29, 0.717) is 17.9 Å². The monoisotopic (exact) mass is 262 g/mol. The minimum absolute atomic E-state index is 0.409. The normalized spacial score (nSPS) is 32.4. The van der Waals surface area contributed by atoms with E-state index in [0.717, 1.165) is 6.42 Å². The maximum absolute atomic E-state index is 6.09. The number of rotatable bonds is 2.